The van der Waals surface area contributed by atoms with Crippen LogP contribution in [0.3, 0.4) is 0 Å². The Hall–Kier alpha value is -1.81. The van der Waals surface area contributed by atoms with Gasteiger partial charge in [-0.1, -0.05) is 27.7 Å². The predicted octanol–water partition coefficient (Wildman–Crippen LogP) is -0.00920. The monoisotopic (exact) mass is 430 g/mol. The number of nitrogens with zero attached hydrogens (tertiary/aromatic N) is 1. The van der Waals surface area contributed by atoms with Crippen LogP contribution >= 0.6 is 12.6 Å². The number of amides is 3. The molecular formula is C19H34N4O5S. The first-order valence-corrected chi connectivity index (χ1v) is 10.6. The molecule has 0 bridgehead atoms. The zero-order chi connectivity index (χ0) is 22.3. The molecule has 0 spiro atoms. The fourth-order valence-corrected chi connectivity index (χ4v) is 3.46. The summed E-state index contributed by atoms with van der Waals surface area (Å²) in [6.07, 6.45) is 1.51. The van der Waals surface area contributed by atoms with E-state index < -0.39 is 42.0 Å². The third kappa shape index (κ3) is 7.18. The number of nitrogens with two attached hydrogens (primary N) is 1. The van der Waals surface area contributed by atoms with Crippen LogP contribution in [0.4, 0.5) is 0 Å². The molecule has 10 heteroatoms. The molecule has 166 valence electrons. The van der Waals surface area contributed by atoms with Crippen molar-refractivity contribution >= 4 is 36.3 Å². The summed E-state index contributed by atoms with van der Waals surface area (Å²) in [6, 6.07) is -3.42. The van der Waals surface area contributed by atoms with E-state index >= 15 is 0 Å². The molecule has 0 aromatic heterocycles. The summed E-state index contributed by atoms with van der Waals surface area (Å²) in [5.41, 5.74) is 5.97. The highest BCUT2D eigenvalue weighted by Crippen LogP contribution is 2.20. The van der Waals surface area contributed by atoms with E-state index in [2.05, 4.69) is 23.3 Å². The summed E-state index contributed by atoms with van der Waals surface area (Å²) < 4.78 is 0. The molecule has 4 atom stereocenters. The molecule has 1 aliphatic heterocycles. The fourth-order valence-electron chi connectivity index (χ4n) is 3.21. The number of thiol groups is 1. The minimum Gasteiger partial charge on any atom is -0.480 e. The maximum atomic E-state index is 12.9. The molecule has 9 nitrogen and oxygen atoms in total. The SMILES string of the molecule is CC(C)CC(NC(=O)C1CCCN1C(=O)C(N)C(C)C)C(=O)NC(CS)C(=O)O. The Morgan fingerprint density at radius 3 is 2.24 bits per heavy atom. The number of carboxylic acid groups (broad SMARTS) is 1. The number of hydrogen-bond donors (Lipinski definition) is 5. The second kappa shape index (κ2) is 11.4. The van der Waals surface area contributed by atoms with Gasteiger partial charge in [0.25, 0.3) is 0 Å². The first-order chi connectivity index (χ1) is 13.5. The third-order valence-corrected chi connectivity index (χ3v) is 5.34. The van der Waals surface area contributed by atoms with Crippen LogP contribution in [-0.4, -0.2) is 70.2 Å². The number of nitrogens with one attached hydrogen (secondary N) is 2. The molecule has 3 amide bonds. The van der Waals surface area contributed by atoms with Crippen LogP contribution in [0.2, 0.25) is 0 Å². The van der Waals surface area contributed by atoms with Gasteiger partial charge in [0.2, 0.25) is 17.7 Å². The van der Waals surface area contributed by atoms with Gasteiger partial charge in [-0.3, -0.25) is 14.4 Å². The molecule has 5 N–H and O–H groups in total. The molecule has 0 saturated carbocycles. The van der Waals surface area contributed by atoms with Crippen molar-refractivity contribution in [3.8, 4) is 0 Å². The molecule has 29 heavy (non-hydrogen) atoms. The predicted molar refractivity (Wildman–Crippen MR) is 112 cm³/mol. The number of carboxylic acids is 1. The quantitative estimate of drug-likeness (QED) is 0.309. The minimum absolute atomic E-state index is 0.0551. The van der Waals surface area contributed by atoms with E-state index in [0.29, 0.717) is 25.8 Å². The summed E-state index contributed by atoms with van der Waals surface area (Å²) in [4.78, 5) is 50.8. The van der Waals surface area contributed by atoms with E-state index in [-0.39, 0.29) is 23.5 Å². The standard InChI is InChI=1S/C19H34N4O5S/c1-10(2)8-12(16(24)22-13(9-29)19(27)28)21-17(25)14-6-5-7-23(14)18(26)15(20)11(3)4/h10-15,29H,5-9,20H2,1-4H3,(H,21,25)(H,22,24)(H,27,28). The Balaban J connectivity index is 2.89. The van der Waals surface area contributed by atoms with Gasteiger partial charge in [0.15, 0.2) is 0 Å². The smallest absolute Gasteiger partial charge is 0.327 e. The van der Waals surface area contributed by atoms with E-state index in [1.165, 1.54) is 4.90 Å². The molecule has 4 unspecified atom stereocenters. The van der Waals surface area contributed by atoms with E-state index in [1.807, 2.05) is 27.7 Å². The van der Waals surface area contributed by atoms with Crippen molar-refractivity contribution < 1.29 is 24.3 Å². The van der Waals surface area contributed by atoms with Crippen molar-refractivity contribution in [3.63, 3.8) is 0 Å². The fraction of sp³-hybridized carbons (Fsp3) is 0.789. The number of rotatable bonds is 10. The van der Waals surface area contributed by atoms with Gasteiger partial charge in [-0.25, -0.2) is 4.79 Å². The summed E-state index contributed by atoms with van der Waals surface area (Å²) in [5, 5.41) is 14.2. The van der Waals surface area contributed by atoms with Gasteiger partial charge in [-0.05, 0) is 31.1 Å². The summed E-state index contributed by atoms with van der Waals surface area (Å²) in [5.74, 6) is -2.52. The van der Waals surface area contributed by atoms with Crippen molar-refractivity contribution in [2.45, 2.75) is 71.1 Å². The van der Waals surface area contributed by atoms with Crippen LogP contribution in [0.25, 0.3) is 0 Å². The van der Waals surface area contributed by atoms with Crippen LogP contribution in [0.15, 0.2) is 0 Å². The molecule has 1 fully saturated rings. The van der Waals surface area contributed by atoms with Crippen LogP contribution < -0.4 is 16.4 Å². The van der Waals surface area contributed by atoms with Gasteiger partial charge >= 0.3 is 5.97 Å². The maximum absolute atomic E-state index is 12.9. The molecule has 0 aliphatic carbocycles. The van der Waals surface area contributed by atoms with Crippen molar-refractivity contribution in [3.05, 3.63) is 0 Å². The molecular weight excluding hydrogens is 396 g/mol. The first-order valence-electron chi connectivity index (χ1n) is 10.00. The first kappa shape index (κ1) is 25.2. The highest BCUT2D eigenvalue weighted by Gasteiger charge is 2.38. The molecule has 0 radical (unpaired) electrons. The van der Waals surface area contributed by atoms with Gasteiger partial charge in [-0.2, -0.15) is 12.6 Å². The van der Waals surface area contributed by atoms with Crippen molar-refractivity contribution in [2.24, 2.45) is 17.6 Å². The Morgan fingerprint density at radius 1 is 1.14 bits per heavy atom. The van der Waals surface area contributed by atoms with Crippen LogP contribution in [0.1, 0.15) is 47.0 Å². The second-order valence-corrected chi connectivity index (χ2v) is 8.60. The molecule has 0 aromatic carbocycles. The van der Waals surface area contributed by atoms with Gasteiger partial charge in [0.05, 0.1) is 6.04 Å². The van der Waals surface area contributed by atoms with Crippen molar-refractivity contribution in [2.75, 3.05) is 12.3 Å². The Kier molecular flexibility index (Phi) is 9.91. The summed E-state index contributed by atoms with van der Waals surface area (Å²) in [7, 11) is 0. The number of carbonyl (C=O) groups excluding carboxylic acids is 3. The van der Waals surface area contributed by atoms with E-state index in [4.69, 9.17) is 10.8 Å². The normalized spacial score (nSPS) is 19.7. The minimum atomic E-state index is -1.20. The Bertz CT molecular complexity index is 613. The van der Waals surface area contributed by atoms with Gasteiger partial charge < -0.3 is 26.4 Å². The molecule has 1 rings (SSSR count). The number of carbonyl (C=O) groups is 4. The third-order valence-electron chi connectivity index (χ3n) is 4.98. The molecule has 0 aromatic rings. The maximum Gasteiger partial charge on any atom is 0.327 e. The summed E-state index contributed by atoms with van der Waals surface area (Å²) in [6.45, 7) is 7.92. The van der Waals surface area contributed by atoms with E-state index in [0.717, 1.165) is 0 Å². The number of likely N-dealkylation sites (tertiary alicyclic amines) is 1. The van der Waals surface area contributed by atoms with Crippen molar-refractivity contribution in [1.29, 1.82) is 0 Å². The second-order valence-electron chi connectivity index (χ2n) is 8.23. The number of hydrogen-bond acceptors (Lipinski definition) is 6. The topological polar surface area (TPSA) is 142 Å². The molecule has 1 heterocycles. The average Bonchev–Trinajstić information content (AvgIpc) is 3.13. The highest BCUT2D eigenvalue weighted by atomic mass is 32.1. The molecule has 1 saturated heterocycles. The van der Waals surface area contributed by atoms with Crippen molar-refractivity contribution in [1.82, 2.24) is 15.5 Å². The van der Waals surface area contributed by atoms with Gasteiger partial charge in [0.1, 0.15) is 18.1 Å². The largest absolute Gasteiger partial charge is 0.480 e. The van der Waals surface area contributed by atoms with E-state index in [1.54, 1.807) is 0 Å². The lowest BCUT2D eigenvalue weighted by Gasteiger charge is -2.30. The zero-order valence-corrected chi connectivity index (χ0v) is 18.4. The van der Waals surface area contributed by atoms with E-state index in [9.17, 15) is 19.2 Å². The lowest BCUT2D eigenvalue weighted by Crippen LogP contribution is -2.57. The Labute approximate surface area is 177 Å². The van der Waals surface area contributed by atoms with Crippen LogP contribution in [0, 0.1) is 11.8 Å². The lowest BCUT2D eigenvalue weighted by molar-refractivity contribution is -0.143. The van der Waals surface area contributed by atoms with Gasteiger partial charge in [0, 0.05) is 12.3 Å². The Morgan fingerprint density at radius 2 is 1.76 bits per heavy atom. The zero-order valence-electron chi connectivity index (χ0n) is 17.6. The molecule has 1 aliphatic rings. The highest BCUT2D eigenvalue weighted by molar-refractivity contribution is 7.80. The lowest BCUT2D eigenvalue weighted by atomic mass is 10.0. The van der Waals surface area contributed by atoms with Crippen LogP contribution in [0.5, 0.6) is 0 Å². The number of aliphatic carboxylic acids is 1. The van der Waals surface area contributed by atoms with Crippen LogP contribution in [-0.2, 0) is 19.2 Å². The average molecular weight is 431 g/mol. The summed E-state index contributed by atoms with van der Waals surface area (Å²) >= 11 is 3.94. The van der Waals surface area contributed by atoms with Gasteiger partial charge in [-0.15, -0.1) is 0 Å².